The van der Waals surface area contributed by atoms with Gasteiger partial charge in [0, 0.05) is 31.3 Å². The third kappa shape index (κ3) is 4.22. The third-order valence-electron chi connectivity index (χ3n) is 2.91. The first-order chi connectivity index (χ1) is 10.0. The molecule has 2 N–H and O–H groups in total. The second-order valence-corrected chi connectivity index (χ2v) is 4.48. The zero-order chi connectivity index (χ0) is 15.3. The smallest absolute Gasteiger partial charge is 0.435 e. The van der Waals surface area contributed by atoms with Gasteiger partial charge in [-0.05, 0) is 12.1 Å². The molecule has 0 spiro atoms. The van der Waals surface area contributed by atoms with Crippen LogP contribution in [-0.4, -0.2) is 16.4 Å². The van der Waals surface area contributed by atoms with E-state index in [1.807, 2.05) is 24.3 Å². The summed E-state index contributed by atoms with van der Waals surface area (Å²) in [7, 11) is 0. The van der Waals surface area contributed by atoms with Crippen LogP contribution in [0.2, 0.25) is 0 Å². The van der Waals surface area contributed by atoms with Crippen LogP contribution in [0.1, 0.15) is 17.7 Å². The number of aryl methyl sites for hydroxylation is 1. The zero-order valence-electron chi connectivity index (χ0n) is 11.3. The standard InChI is InChI=1S/C14H16F3N3O/c15-14(16,17)13-6-8-20(19-13)7-3-9-21-12-5-2-1-4-11(12)10-18/h1-2,4-6,8H,3,7,9-10,18H2. The van der Waals surface area contributed by atoms with Crippen LogP contribution in [0.25, 0.3) is 0 Å². The summed E-state index contributed by atoms with van der Waals surface area (Å²) < 4.78 is 44.0. The Balaban J connectivity index is 1.81. The third-order valence-corrected chi connectivity index (χ3v) is 2.91. The van der Waals surface area contributed by atoms with Crippen molar-refractivity contribution in [3.63, 3.8) is 0 Å². The van der Waals surface area contributed by atoms with Crippen molar-refractivity contribution < 1.29 is 17.9 Å². The van der Waals surface area contributed by atoms with Gasteiger partial charge in [-0.1, -0.05) is 18.2 Å². The minimum Gasteiger partial charge on any atom is -0.493 e. The number of ether oxygens (including phenoxy) is 1. The van der Waals surface area contributed by atoms with E-state index in [0.29, 0.717) is 31.9 Å². The van der Waals surface area contributed by atoms with Crippen LogP contribution in [0.5, 0.6) is 5.75 Å². The monoisotopic (exact) mass is 299 g/mol. The van der Waals surface area contributed by atoms with E-state index >= 15 is 0 Å². The van der Waals surface area contributed by atoms with E-state index in [9.17, 15) is 13.2 Å². The predicted octanol–water partition coefficient (Wildman–Crippen LogP) is 2.83. The predicted molar refractivity (Wildman–Crippen MR) is 71.7 cm³/mol. The molecular weight excluding hydrogens is 283 g/mol. The van der Waals surface area contributed by atoms with Crippen molar-refractivity contribution >= 4 is 0 Å². The number of para-hydroxylation sites is 1. The van der Waals surface area contributed by atoms with E-state index in [-0.39, 0.29) is 0 Å². The van der Waals surface area contributed by atoms with Gasteiger partial charge in [0.15, 0.2) is 5.69 Å². The fourth-order valence-corrected chi connectivity index (χ4v) is 1.86. The van der Waals surface area contributed by atoms with Gasteiger partial charge in [-0.15, -0.1) is 0 Å². The lowest BCUT2D eigenvalue weighted by molar-refractivity contribution is -0.141. The molecule has 0 saturated heterocycles. The fourth-order valence-electron chi connectivity index (χ4n) is 1.86. The molecule has 0 fully saturated rings. The molecule has 1 heterocycles. The van der Waals surface area contributed by atoms with Crippen molar-refractivity contribution in [3.8, 4) is 5.75 Å². The summed E-state index contributed by atoms with van der Waals surface area (Å²) in [4.78, 5) is 0. The first-order valence-corrected chi connectivity index (χ1v) is 6.52. The summed E-state index contributed by atoms with van der Waals surface area (Å²) in [5, 5.41) is 3.48. The van der Waals surface area contributed by atoms with Gasteiger partial charge >= 0.3 is 6.18 Å². The Hall–Kier alpha value is -2.02. The maximum Gasteiger partial charge on any atom is 0.435 e. The molecule has 21 heavy (non-hydrogen) atoms. The highest BCUT2D eigenvalue weighted by Gasteiger charge is 2.33. The van der Waals surface area contributed by atoms with Crippen LogP contribution in [0.15, 0.2) is 36.5 Å². The fraction of sp³-hybridized carbons (Fsp3) is 0.357. The Labute approximate surface area is 120 Å². The molecule has 0 unspecified atom stereocenters. The highest BCUT2D eigenvalue weighted by molar-refractivity contribution is 5.32. The zero-order valence-corrected chi connectivity index (χ0v) is 11.3. The van der Waals surface area contributed by atoms with Gasteiger partial charge in [0.25, 0.3) is 0 Å². The highest BCUT2D eigenvalue weighted by Crippen LogP contribution is 2.27. The number of nitrogens with zero attached hydrogens (tertiary/aromatic N) is 2. The van der Waals surface area contributed by atoms with Crippen molar-refractivity contribution in [2.75, 3.05) is 6.61 Å². The van der Waals surface area contributed by atoms with Crippen LogP contribution in [-0.2, 0) is 19.3 Å². The molecule has 0 radical (unpaired) electrons. The van der Waals surface area contributed by atoms with Crippen LogP contribution >= 0.6 is 0 Å². The minimum atomic E-state index is -4.40. The average Bonchev–Trinajstić information content (AvgIpc) is 2.93. The Kier molecular flexibility index (Phi) is 4.85. The number of nitrogens with two attached hydrogens (primary N) is 1. The normalized spacial score (nSPS) is 11.6. The maximum atomic E-state index is 12.4. The van der Waals surface area contributed by atoms with Crippen molar-refractivity contribution in [2.24, 2.45) is 5.73 Å². The molecule has 0 aliphatic heterocycles. The highest BCUT2D eigenvalue weighted by atomic mass is 19.4. The summed E-state index contributed by atoms with van der Waals surface area (Å²) in [6.45, 7) is 1.13. The number of alkyl halides is 3. The molecule has 1 aromatic carbocycles. The van der Waals surface area contributed by atoms with E-state index in [0.717, 1.165) is 11.6 Å². The molecule has 0 aliphatic rings. The number of hydrogen-bond acceptors (Lipinski definition) is 3. The van der Waals surface area contributed by atoms with E-state index in [2.05, 4.69) is 5.10 Å². The summed E-state index contributed by atoms with van der Waals surface area (Å²) >= 11 is 0. The maximum absolute atomic E-state index is 12.4. The number of aromatic nitrogens is 2. The molecular formula is C14H16F3N3O. The summed E-state index contributed by atoms with van der Waals surface area (Å²) in [5.41, 5.74) is 5.61. The lowest BCUT2D eigenvalue weighted by atomic mass is 10.2. The molecule has 0 bridgehead atoms. The minimum absolute atomic E-state index is 0.362. The molecule has 0 amide bonds. The molecule has 114 valence electrons. The molecule has 0 atom stereocenters. The van der Waals surface area contributed by atoms with Crippen LogP contribution < -0.4 is 10.5 Å². The SMILES string of the molecule is NCc1ccccc1OCCCn1ccc(C(F)(F)F)n1. The first-order valence-electron chi connectivity index (χ1n) is 6.52. The Morgan fingerprint density at radius 1 is 1.19 bits per heavy atom. The van der Waals surface area contributed by atoms with Gasteiger partial charge in [-0.2, -0.15) is 18.3 Å². The Morgan fingerprint density at radius 3 is 2.62 bits per heavy atom. The number of hydrogen-bond donors (Lipinski definition) is 1. The van der Waals surface area contributed by atoms with E-state index < -0.39 is 11.9 Å². The summed E-state index contributed by atoms with van der Waals surface area (Å²) in [5.74, 6) is 0.705. The first kappa shape index (κ1) is 15.4. The molecule has 2 rings (SSSR count). The van der Waals surface area contributed by atoms with Gasteiger partial charge < -0.3 is 10.5 Å². The molecule has 0 saturated carbocycles. The molecule has 7 heteroatoms. The number of halogens is 3. The average molecular weight is 299 g/mol. The van der Waals surface area contributed by atoms with Crippen LogP contribution in [0.4, 0.5) is 13.2 Å². The quantitative estimate of drug-likeness (QED) is 0.835. The van der Waals surface area contributed by atoms with Crippen molar-refractivity contribution in [2.45, 2.75) is 25.7 Å². The topological polar surface area (TPSA) is 53.1 Å². The van der Waals surface area contributed by atoms with E-state index in [1.165, 1.54) is 10.9 Å². The van der Waals surface area contributed by atoms with Crippen LogP contribution in [0.3, 0.4) is 0 Å². The molecule has 2 aromatic rings. The van der Waals surface area contributed by atoms with Gasteiger partial charge in [-0.25, -0.2) is 0 Å². The van der Waals surface area contributed by atoms with Crippen molar-refractivity contribution in [3.05, 3.63) is 47.8 Å². The summed E-state index contributed by atoms with van der Waals surface area (Å²) in [6.07, 6.45) is -2.53. The Bertz CT molecular complexity index is 581. The van der Waals surface area contributed by atoms with Crippen molar-refractivity contribution in [1.82, 2.24) is 9.78 Å². The molecule has 0 aliphatic carbocycles. The lowest BCUT2D eigenvalue weighted by Crippen LogP contribution is -2.10. The number of rotatable bonds is 6. The van der Waals surface area contributed by atoms with Gasteiger partial charge in [0.2, 0.25) is 0 Å². The second-order valence-electron chi connectivity index (χ2n) is 4.48. The van der Waals surface area contributed by atoms with E-state index in [1.54, 1.807) is 0 Å². The molecule has 1 aromatic heterocycles. The van der Waals surface area contributed by atoms with Crippen molar-refractivity contribution in [1.29, 1.82) is 0 Å². The summed E-state index contributed by atoms with van der Waals surface area (Å²) in [6, 6.07) is 8.37. The van der Waals surface area contributed by atoms with Gasteiger partial charge in [-0.3, -0.25) is 4.68 Å². The lowest BCUT2D eigenvalue weighted by Gasteiger charge is -2.10. The number of benzene rings is 1. The Morgan fingerprint density at radius 2 is 1.95 bits per heavy atom. The van der Waals surface area contributed by atoms with Gasteiger partial charge in [0.1, 0.15) is 5.75 Å². The largest absolute Gasteiger partial charge is 0.493 e. The van der Waals surface area contributed by atoms with Crippen LogP contribution in [0, 0.1) is 0 Å². The van der Waals surface area contributed by atoms with Gasteiger partial charge in [0.05, 0.1) is 6.61 Å². The second kappa shape index (κ2) is 6.62. The molecule has 4 nitrogen and oxygen atoms in total. The van der Waals surface area contributed by atoms with E-state index in [4.69, 9.17) is 10.5 Å².